The van der Waals surface area contributed by atoms with Gasteiger partial charge in [0.25, 0.3) is 0 Å². The van der Waals surface area contributed by atoms with E-state index >= 15 is 0 Å². The maximum Gasteiger partial charge on any atom is 0.129 e. The van der Waals surface area contributed by atoms with Crippen molar-refractivity contribution >= 4 is 17.2 Å². The molecule has 0 spiro atoms. The zero-order valence-electron chi connectivity index (χ0n) is 11.2. The molecule has 0 aliphatic carbocycles. The van der Waals surface area contributed by atoms with Gasteiger partial charge in [-0.2, -0.15) is 0 Å². The molecular weight excluding hydrogens is 256 g/mol. The Morgan fingerprint density at radius 1 is 1.47 bits per heavy atom. The van der Waals surface area contributed by atoms with Crippen molar-refractivity contribution in [3.8, 4) is 0 Å². The van der Waals surface area contributed by atoms with Crippen LogP contribution in [0, 0.1) is 0 Å². The maximum absolute atomic E-state index is 9.69. The van der Waals surface area contributed by atoms with Gasteiger partial charge in [0, 0.05) is 17.6 Å². The smallest absolute Gasteiger partial charge is 0.129 e. The minimum Gasteiger partial charge on any atom is -0.389 e. The van der Waals surface area contributed by atoms with Crippen LogP contribution in [0.1, 0.15) is 42.0 Å². The standard InChI is InChI=1S/C15H18N2OS/c1-10-13-5-8-19-14(13)4-7-17(10)15-9-12(11(2)18)3-6-16-15/h3,5-6,8-11,18H,4,7H2,1-2H3. The average Bonchev–Trinajstić information content (AvgIpc) is 2.88. The normalized spacial score (nSPS) is 20.2. The Bertz CT molecular complexity index is 579. The lowest BCUT2D eigenvalue weighted by Gasteiger charge is -2.34. The Morgan fingerprint density at radius 2 is 2.32 bits per heavy atom. The van der Waals surface area contributed by atoms with Gasteiger partial charge in [-0.15, -0.1) is 11.3 Å². The van der Waals surface area contributed by atoms with Crippen LogP contribution in [0.3, 0.4) is 0 Å². The van der Waals surface area contributed by atoms with E-state index in [2.05, 4.69) is 28.3 Å². The van der Waals surface area contributed by atoms with E-state index in [9.17, 15) is 5.11 Å². The van der Waals surface area contributed by atoms with Gasteiger partial charge in [0.1, 0.15) is 5.82 Å². The van der Waals surface area contributed by atoms with Gasteiger partial charge >= 0.3 is 0 Å². The third kappa shape index (κ3) is 2.26. The van der Waals surface area contributed by atoms with Crippen molar-refractivity contribution < 1.29 is 5.11 Å². The zero-order chi connectivity index (χ0) is 13.4. The number of aliphatic hydroxyl groups excluding tert-OH is 1. The molecule has 3 nitrogen and oxygen atoms in total. The second-order valence-electron chi connectivity index (χ2n) is 5.04. The fraction of sp³-hybridized carbons (Fsp3) is 0.400. The Hall–Kier alpha value is -1.39. The molecule has 1 N–H and O–H groups in total. The first-order valence-corrected chi connectivity index (χ1v) is 7.51. The highest BCUT2D eigenvalue weighted by Crippen LogP contribution is 2.35. The van der Waals surface area contributed by atoms with Crippen molar-refractivity contribution in [3.05, 3.63) is 45.8 Å². The summed E-state index contributed by atoms with van der Waals surface area (Å²) in [6.07, 6.45) is 2.42. The van der Waals surface area contributed by atoms with Crippen LogP contribution in [0.4, 0.5) is 5.82 Å². The molecule has 0 fully saturated rings. The highest BCUT2D eigenvalue weighted by Gasteiger charge is 2.25. The predicted octanol–water partition coefficient (Wildman–Crippen LogP) is 3.32. The lowest BCUT2D eigenvalue weighted by Crippen LogP contribution is -2.33. The Labute approximate surface area is 117 Å². The molecule has 0 amide bonds. The minimum absolute atomic E-state index is 0.353. The third-order valence-corrected chi connectivity index (χ3v) is 4.82. The van der Waals surface area contributed by atoms with Crippen LogP contribution in [0.5, 0.6) is 0 Å². The van der Waals surface area contributed by atoms with Crippen molar-refractivity contribution in [1.29, 1.82) is 0 Å². The van der Waals surface area contributed by atoms with Crippen molar-refractivity contribution in [2.75, 3.05) is 11.4 Å². The molecule has 3 rings (SSSR count). The summed E-state index contributed by atoms with van der Waals surface area (Å²) in [6, 6.07) is 6.44. The van der Waals surface area contributed by atoms with Gasteiger partial charge in [-0.1, -0.05) is 0 Å². The second-order valence-corrected chi connectivity index (χ2v) is 6.04. The quantitative estimate of drug-likeness (QED) is 0.912. The fourth-order valence-corrected chi connectivity index (χ4v) is 3.64. The van der Waals surface area contributed by atoms with E-state index in [0.29, 0.717) is 6.04 Å². The lowest BCUT2D eigenvalue weighted by atomic mass is 10.0. The summed E-state index contributed by atoms with van der Waals surface area (Å²) >= 11 is 1.85. The summed E-state index contributed by atoms with van der Waals surface area (Å²) in [5.74, 6) is 0.961. The number of pyridine rings is 1. The first kappa shape index (κ1) is 12.6. The van der Waals surface area contributed by atoms with Crippen molar-refractivity contribution in [2.45, 2.75) is 32.4 Å². The van der Waals surface area contributed by atoms with Gasteiger partial charge < -0.3 is 10.0 Å². The van der Waals surface area contributed by atoms with E-state index in [1.54, 1.807) is 13.1 Å². The molecular formula is C15H18N2OS. The molecule has 19 heavy (non-hydrogen) atoms. The molecule has 0 saturated carbocycles. The Kier molecular flexibility index (Phi) is 3.29. The first-order valence-electron chi connectivity index (χ1n) is 6.63. The molecule has 0 saturated heterocycles. The van der Waals surface area contributed by atoms with E-state index < -0.39 is 6.10 Å². The second kappa shape index (κ2) is 4.94. The summed E-state index contributed by atoms with van der Waals surface area (Å²) in [7, 11) is 0. The predicted molar refractivity (Wildman–Crippen MR) is 78.7 cm³/mol. The molecule has 0 radical (unpaired) electrons. The van der Waals surface area contributed by atoms with Crippen LogP contribution in [-0.4, -0.2) is 16.6 Å². The van der Waals surface area contributed by atoms with Crippen molar-refractivity contribution in [1.82, 2.24) is 4.98 Å². The molecule has 0 bridgehead atoms. The van der Waals surface area contributed by atoms with E-state index in [1.807, 2.05) is 23.5 Å². The van der Waals surface area contributed by atoms with Gasteiger partial charge in [0.2, 0.25) is 0 Å². The van der Waals surface area contributed by atoms with E-state index in [4.69, 9.17) is 0 Å². The molecule has 1 aliphatic heterocycles. The number of thiophene rings is 1. The fourth-order valence-electron chi connectivity index (χ4n) is 2.67. The monoisotopic (exact) mass is 274 g/mol. The average molecular weight is 274 g/mol. The molecule has 4 heteroatoms. The number of aromatic nitrogens is 1. The van der Waals surface area contributed by atoms with Crippen molar-refractivity contribution in [2.24, 2.45) is 0 Å². The van der Waals surface area contributed by atoms with Gasteiger partial charge in [-0.05, 0) is 55.0 Å². The molecule has 2 aromatic heterocycles. The summed E-state index contributed by atoms with van der Waals surface area (Å²) in [5, 5.41) is 11.9. The highest BCUT2D eigenvalue weighted by molar-refractivity contribution is 7.10. The van der Waals surface area contributed by atoms with Crippen LogP contribution in [0.25, 0.3) is 0 Å². The Morgan fingerprint density at radius 3 is 3.11 bits per heavy atom. The van der Waals surface area contributed by atoms with E-state index in [0.717, 1.165) is 24.3 Å². The molecule has 2 aromatic rings. The van der Waals surface area contributed by atoms with E-state index in [-0.39, 0.29) is 0 Å². The lowest BCUT2D eigenvalue weighted by molar-refractivity contribution is 0.199. The number of nitrogens with zero attached hydrogens (tertiary/aromatic N) is 2. The van der Waals surface area contributed by atoms with Gasteiger partial charge in [0.05, 0.1) is 12.1 Å². The molecule has 0 aromatic carbocycles. The van der Waals surface area contributed by atoms with E-state index in [1.165, 1.54) is 10.4 Å². The summed E-state index contributed by atoms with van der Waals surface area (Å²) in [4.78, 5) is 8.29. The molecule has 2 unspecified atom stereocenters. The van der Waals surface area contributed by atoms with Crippen LogP contribution < -0.4 is 4.90 Å². The number of hydrogen-bond donors (Lipinski definition) is 1. The van der Waals surface area contributed by atoms with Crippen LogP contribution in [0.2, 0.25) is 0 Å². The molecule has 2 atom stereocenters. The maximum atomic E-state index is 9.69. The zero-order valence-corrected chi connectivity index (χ0v) is 12.0. The number of aliphatic hydroxyl groups is 1. The van der Waals surface area contributed by atoms with Crippen LogP contribution in [0.15, 0.2) is 29.8 Å². The van der Waals surface area contributed by atoms with Gasteiger partial charge in [-0.25, -0.2) is 4.98 Å². The van der Waals surface area contributed by atoms with Gasteiger partial charge in [-0.3, -0.25) is 0 Å². The first-order chi connectivity index (χ1) is 9.16. The molecule has 3 heterocycles. The third-order valence-electron chi connectivity index (χ3n) is 3.82. The highest BCUT2D eigenvalue weighted by atomic mass is 32.1. The summed E-state index contributed by atoms with van der Waals surface area (Å²) < 4.78 is 0. The topological polar surface area (TPSA) is 36.4 Å². The SMILES string of the molecule is CC(O)c1ccnc(N2CCc3sccc3C2C)c1. The number of fused-ring (bicyclic) bond motifs is 1. The molecule has 100 valence electrons. The number of hydrogen-bond acceptors (Lipinski definition) is 4. The van der Waals surface area contributed by atoms with Crippen LogP contribution >= 0.6 is 11.3 Å². The number of rotatable bonds is 2. The summed E-state index contributed by atoms with van der Waals surface area (Å²) in [6.45, 7) is 5.00. The number of anilines is 1. The largest absolute Gasteiger partial charge is 0.389 e. The van der Waals surface area contributed by atoms with Gasteiger partial charge in [0.15, 0.2) is 0 Å². The Balaban J connectivity index is 1.93. The molecule has 1 aliphatic rings. The van der Waals surface area contributed by atoms with Crippen LogP contribution in [-0.2, 0) is 6.42 Å². The van der Waals surface area contributed by atoms with Crippen molar-refractivity contribution in [3.63, 3.8) is 0 Å². The minimum atomic E-state index is -0.446. The summed E-state index contributed by atoms with van der Waals surface area (Å²) in [5.41, 5.74) is 2.34.